The van der Waals surface area contributed by atoms with Gasteiger partial charge >= 0.3 is 0 Å². The molecule has 2 aliphatic heterocycles. The van der Waals surface area contributed by atoms with Gasteiger partial charge in [-0.2, -0.15) is 0 Å². The second-order valence-electron chi connectivity index (χ2n) is 6.04. The van der Waals surface area contributed by atoms with Crippen LogP contribution in [0.1, 0.15) is 23.7 Å². The number of nitrogens with zero attached hydrogens (tertiary/aromatic N) is 2. The van der Waals surface area contributed by atoms with Crippen molar-refractivity contribution in [3.8, 4) is 5.75 Å². The molecule has 0 bridgehead atoms. The number of benzene rings is 1. The first kappa shape index (κ1) is 13.9. The first-order chi connectivity index (χ1) is 9.66. The van der Waals surface area contributed by atoms with Crippen LogP contribution in [0, 0.1) is 0 Å². The number of aliphatic hydroxyl groups excluding tert-OH is 1. The van der Waals surface area contributed by atoms with Gasteiger partial charge in [-0.1, -0.05) is 18.2 Å². The molecule has 0 amide bonds. The van der Waals surface area contributed by atoms with Gasteiger partial charge < -0.3 is 14.7 Å². The lowest BCUT2D eigenvalue weighted by atomic mass is 9.97. The topological polar surface area (TPSA) is 35.9 Å². The van der Waals surface area contributed by atoms with E-state index >= 15 is 0 Å². The fraction of sp³-hybridized carbons (Fsp3) is 0.625. The molecule has 0 spiro atoms. The van der Waals surface area contributed by atoms with Gasteiger partial charge in [-0.25, -0.2) is 0 Å². The Morgan fingerprint density at radius 1 is 1.30 bits per heavy atom. The minimum absolute atomic E-state index is 0.123. The summed E-state index contributed by atoms with van der Waals surface area (Å²) in [6.45, 7) is 3.75. The molecule has 20 heavy (non-hydrogen) atoms. The molecule has 2 unspecified atom stereocenters. The lowest BCUT2D eigenvalue weighted by Crippen LogP contribution is -2.42. The second kappa shape index (κ2) is 5.72. The Labute approximate surface area is 120 Å². The molecule has 1 fully saturated rings. The number of para-hydroxylation sites is 1. The number of aliphatic hydroxyl groups is 1. The minimum Gasteiger partial charge on any atom is -0.493 e. The molecule has 4 heteroatoms. The highest BCUT2D eigenvalue weighted by atomic mass is 16.5. The van der Waals surface area contributed by atoms with Gasteiger partial charge in [0.15, 0.2) is 0 Å². The molecule has 0 radical (unpaired) electrons. The zero-order valence-electron chi connectivity index (χ0n) is 12.4. The molecule has 0 aromatic heterocycles. The molecule has 0 aliphatic carbocycles. The molecule has 1 aromatic rings. The lowest BCUT2D eigenvalue weighted by Gasteiger charge is -2.32. The van der Waals surface area contributed by atoms with E-state index in [1.165, 1.54) is 5.56 Å². The van der Waals surface area contributed by atoms with Crippen molar-refractivity contribution in [2.75, 3.05) is 40.3 Å². The van der Waals surface area contributed by atoms with Crippen molar-refractivity contribution >= 4 is 0 Å². The second-order valence-corrected chi connectivity index (χ2v) is 6.04. The van der Waals surface area contributed by atoms with Gasteiger partial charge in [-0.15, -0.1) is 0 Å². The molecule has 0 saturated carbocycles. The molecule has 2 aliphatic rings. The van der Waals surface area contributed by atoms with Gasteiger partial charge in [0.2, 0.25) is 0 Å². The smallest absolute Gasteiger partial charge is 0.128 e. The number of rotatable bonds is 2. The summed E-state index contributed by atoms with van der Waals surface area (Å²) in [7, 11) is 4.24. The van der Waals surface area contributed by atoms with Gasteiger partial charge in [0.05, 0.1) is 18.8 Å². The summed E-state index contributed by atoms with van der Waals surface area (Å²) in [6.07, 6.45) is 1.62. The average molecular weight is 276 g/mol. The van der Waals surface area contributed by atoms with Crippen LogP contribution in [0.2, 0.25) is 0 Å². The summed E-state index contributed by atoms with van der Waals surface area (Å²) in [5.74, 6) is 0.917. The number of hydrogen-bond donors (Lipinski definition) is 1. The third-order valence-electron chi connectivity index (χ3n) is 4.54. The Bertz CT molecular complexity index is 478. The van der Waals surface area contributed by atoms with Crippen molar-refractivity contribution in [2.45, 2.75) is 25.0 Å². The zero-order valence-corrected chi connectivity index (χ0v) is 12.4. The molecule has 4 nitrogen and oxygen atoms in total. The normalized spacial score (nSPS) is 25.9. The molecule has 1 N–H and O–H groups in total. The van der Waals surface area contributed by atoms with Crippen molar-refractivity contribution in [1.82, 2.24) is 9.80 Å². The van der Waals surface area contributed by atoms with Crippen molar-refractivity contribution < 1.29 is 9.84 Å². The number of ether oxygens (including phenoxy) is 1. The minimum atomic E-state index is -0.492. The van der Waals surface area contributed by atoms with Gasteiger partial charge in [0.1, 0.15) is 5.75 Å². The van der Waals surface area contributed by atoms with Crippen LogP contribution in [0.3, 0.4) is 0 Å². The number of hydrogen-bond acceptors (Lipinski definition) is 4. The van der Waals surface area contributed by atoms with Crippen LogP contribution in [-0.4, -0.2) is 61.3 Å². The van der Waals surface area contributed by atoms with Crippen LogP contribution in [0.15, 0.2) is 18.2 Å². The van der Waals surface area contributed by atoms with Crippen LogP contribution in [0.5, 0.6) is 5.75 Å². The zero-order chi connectivity index (χ0) is 14.1. The highest BCUT2D eigenvalue weighted by Crippen LogP contribution is 2.36. The fourth-order valence-corrected chi connectivity index (χ4v) is 3.33. The van der Waals surface area contributed by atoms with Gasteiger partial charge in [-0.3, -0.25) is 4.90 Å². The molecule has 2 heterocycles. The number of likely N-dealkylation sites (N-methyl/N-ethyl adjacent to an activating group) is 2. The SMILES string of the molecule is CN1CCCN(C)C(C(O)c2cccc3c2OCC3)C1. The standard InChI is InChI=1S/C16H24N2O2/c1-17-8-4-9-18(2)14(11-17)15(19)13-6-3-5-12-7-10-20-16(12)13/h3,5-6,14-15,19H,4,7-11H2,1-2H3. The summed E-state index contributed by atoms with van der Waals surface area (Å²) in [5.41, 5.74) is 2.18. The summed E-state index contributed by atoms with van der Waals surface area (Å²) >= 11 is 0. The van der Waals surface area contributed by atoms with Crippen LogP contribution in [0.25, 0.3) is 0 Å². The van der Waals surface area contributed by atoms with Crippen molar-refractivity contribution in [3.05, 3.63) is 29.3 Å². The van der Waals surface area contributed by atoms with E-state index < -0.39 is 6.10 Å². The largest absolute Gasteiger partial charge is 0.493 e. The van der Waals surface area contributed by atoms with E-state index in [9.17, 15) is 5.11 Å². The summed E-state index contributed by atoms with van der Waals surface area (Å²) in [4.78, 5) is 4.59. The quantitative estimate of drug-likeness (QED) is 0.883. The molecular formula is C16H24N2O2. The van der Waals surface area contributed by atoms with E-state index in [1.54, 1.807) is 0 Å². The van der Waals surface area contributed by atoms with E-state index in [4.69, 9.17) is 4.74 Å². The fourth-order valence-electron chi connectivity index (χ4n) is 3.33. The van der Waals surface area contributed by atoms with E-state index in [2.05, 4.69) is 30.0 Å². The Morgan fingerprint density at radius 3 is 3.00 bits per heavy atom. The van der Waals surface area contributed by atoms with Crippen LogP contribution in [-0.2, 0) is 6.42 Å². The summed E-state index contributed by atoms with van der Waals surface area (Å²) in [5, 5.41) is 10.9. The summed E-state index contributed by atoms with van der Waals surface area (Å²) < 4.78 is 5.74. The Kier molecular flexibility index (Phi) is 3.96. The predicted molar refractivity (Wildman–Crippen MR) is 79.1 cm³/mol. The van der Waals surface area contributed by atoms with Crippen LogP contribution >= 0.6 is 0 Å². The Morgan fingerprint density at radius 2 is 2.15 bits per heavy atom. The molecular weight excluding hydrogens is 252 g/mol. The third-order valence-corrected chi connectivity index (χ3v) is 4.54. The Balaban J connectivity index is 1.87. The molecule has 3 rings (SSSR count). The van der Waals surface area contributed by atoms with Crippen molar-refractivity contribution in [1.29, 1.82) is 0 Å². The molecule has 1 saturated heterocycles. The number of fused-ring (bicyclic) bond motifs is 1. The molecule has 110 valence electrons. The first-order valence-corrected chi connectivity index (χ1v) is 7.48. The Hall–Kier alpha value is -1.10. The van der Waals surface area contributed by atoms with Gasteiger partial charge in [0, 0.05) is 18.5 Å². The maximum Gasteiger partial charge on any atom is 0.128 e. The highest BCUT2D eigenvalue weighted by Gasteiger charge is 2.31. The summed E-state index contributed by atoms with van der Waals surface area (Å²) in [6, 6.07) is 6.26. The molecule has 2 atom stereocenters. The van der Waals surface area contributed by atoms with Gasteiger partial charge in [0.25, 0.3) is 0 Å². The predicted octanol–water partition coefficient (Wildman–Crippen LogP) is 1.29. The highest BCUT2D eigenvalue weighted by molar-refractivity contribution is 5.45. The van der Waals surface area contributed by atoms with Crippen molar-refractivity contribution in [3.63, 3.8) is 0 Å². The monoisotopic (exact) mass is 276 g/mol. The van der Waals surface area contributed by atoms with Crippen molar-refractivity contribution in [2.24, 2.45) is 0 Å². The lowest BCUT2D eigenvalue weighted by molar-refractivity contribution is 0.0554. The molecule has 1 aromatic carbocycles. The van der Waals surface area contributed by atoms with E-state index in [0.717, 1.165) is 50.4 Å². The average Bonchev–Trinajstić information content (AvgIpc) is 2.85. The van der Waals surface area contributed by atoms with E-state index in [1.807, 2.05) is 12.1 Å². The maximum absolute atomic E-state index is 10.9. The van der Waals surface area contributed by atoms with Crippen LogP contribution in [0.4, 0.5) is 0 Å². The van der Waals surface area contributed by atoms with E-state index in [-0.39, 0.29) is 6.04 Å². The first-order valence-electron chi connectivity index (χ1n) is 7.48. The third kappa shape index (κ3) is 2.55. The van der Waals surface area contributed by atoms with Crippen LogP contribution < -0.4 is 4.74 Å². The van der Waals surface area contributed by atoms with E-state index in [0.29, 0.717) is 0 Å². The van der Waals surface area contributed by atoms with Gasteiger partial charge in [-0.05, 0) is 39.2 Å². The maximum atomic E-state index is 10.9.